The van der Waals surface area contributed by atoms with Gasteiger partial charge in [-0.15, -0.1) is 0 Å². The maximum Gasteiger partial charge on any atom is 0.407 e. The number of carboxylic acids is 1. The van der Waals surface area contributed by atoms with E-state index in [1.165, 1.54) is 0 Å². The Morgan fingerprint density at radius 2 is 2.15 bits per heavy atom. The molecule has 0 aliphatic rings. The molecule has 0 radical (unpaired) electrons. The van der Waals surface area contributed by atoms with Gasteiger partial charge in [0, 0.05) is 23.5 Å². The number of nitrogens with one attached hydrogen (secondary N) is 2. The van der Waals surface area contributed by atoms with Crippen LogP contribution in [0.1, 0.15) is 12.5 Å². The molecule has 20 heavy (non-hydrogen) atoms. The summed E-state index contributed by atoms with van der Waals surface area (Å²) >= 11 is 0. The van der Waals surface area contributed by atoms with Crippen LogP contribution in [0, 0.1) is 0 Å². The van der Waals surface area contributed by atoms with Crippen molar-refractivity contribution in [2.24, 2.45) is 0 Å². The predicted octanol–water partition coefficient (Wildman–Crippen LogP) is 1.91. The summed E-state index contributed by atoms with van der Waals surface area (Å²) in [6.07, 6.45) is 1.23. The molecule has 3 N–H and O–H groups in total. The zero-order valence-corrected chi connectivity index (χ0v) is 11.1. The molecule has 1 amide bonds. The normalized spacial score (nSPS) is 12.1. The quantitative estimate of drug-likeness (QED) is 0.778. The fraction of sp³-hybridized carbons (Fsp3) is 0.286. The second-order valence-electron chi connectivity index (χ2n) is 4.32. The van der Waals surface area contributed by atoms with E-state index in [2.05, 4.69) is 10.3 Å². The Morgan fingerprint density at radius 3 is 2.85 bits per heavy atom. The minimum absolute atomic E-state index is 0.193. The van der Waals surface area contributed by atoms with E-state index in [0.717, 1.165) is 16.5 Å². The molecule has 6 nitrogen and oxygen atoms in total. The van der Waals surface area contributed by atoms with E-state index in [9.17, 15) is 14.7 Å². The number of carboxylic acid groups (broad SMARTS) is 1. The van der Waals surface area contributed by atoms with Gasteiger partial charge in [-0.3, -0.25) is 0 Å². The summed E-state index contributed by atoms with van der Waals surface area (Å²) in [4.78, 5) is 25.6. The third-order valence-electron chi connectivity index (χ3n) is 2.96. The van der Waals surface area contributed by atoms with Crippen molar-refractivity contribution in [3.63, 3.8) is 0 Å². The van der Waals surface area contributed by atoms with Crippen molar-refractivity contribution < 1.29 is 19.4 Å². The molecule has 1 aromatic carbocycles. The molecule has 106 valence electrons. The minimum atomic E-state index is -1.09. The average molecular weight is 276 g/mol. The van der Waals surface area contributed by atoms with Crippen molar-refractivity contribution >= 4 is 23.0 Å². The van der Waals surface area contributed by atoms with Crippen LogP contribution in [0.4, 0.5) is 4.79 Å². The number of carbonyl (C=O) groups is 2. The van der Waals surface area contributed by atoms with Crippen molar-refractivity contribution in [1.29, 1.82) is 0 Å². The Labute approximate surface area is 115 Å². The first-order valence-electron chi connectivity index (χ1n) is 6.33. The fourth-order valence-corrected chi connectivity index (χ4v) is 2.04. The van der Waals surface area contributed by atoms with Crippen LogP contribution in [0.3, 0.4) is 0 Å². The van der Waals surface area contributed by atoms with Crippen molar-refractivity contribution in [3.05, 3.63) is 36.0 Å². The molecular formula is C14H16N2O4. The van der Waals surface area contributed by atoms with Crippen molar-refractivity contribution in [2.75, 3.05) is 6.61 Å². The monoisotopic (exact) mass is 276 g/mol. The van der Waals surface area contributed by atoms with Crippen molar-refractivity contribution in [2.45, 2.75) is 19.4 Å². The van der Waals surface area contributed by atoms with Gasteiger partial charge >= 0.3 is 12.1 Å². The Morgan fingerprint density at radius 1 is 1.40 bits per heavy atom. The lowest BCUT2D eigenvalue weighted by atomic mass is 10.1. The first kappa shape index (κ1) is 13.9. The number of fused-ring (bicyclic) bond motifs is 1. The Balaban J connectivity index is 2.15. The summed E-state index contributed by atoms with van der Waals surface area (Å²) in [6.45, 7) is 1.86. The molecule has 0 fully saturated rings. The number of rotatable bonds is 5. The predicted molar refractivity (Wildman–Crippen MR) is 73.6 cm³/mol. The molecular weight excluding hydrogens is 260 g/mol. The molecule has 0 aliphatic heterocycles. The maximum atomic E-state index is 11.3. The van der Waals surface area contributed by atoms with Crippen LogP contribution in [0.2, 0.25) is 0 Å². The summed E-state index contributed by atoms with van der Waals surface area (Å²) in [6, 6.07) is 6.58. The highest BCUT2D eigenvalue weighted by Gasteiger charge is 2.22. The van der Waals surface area contributed by atoms with Crippen molar-refractivity contribution in [1.82, 2.24) is 10.3 Å². The lowest BCUT2D eigenvalue weighted by Gasteiger charge is -2.13. The summed E-state index contributed by atoms with van der Waals surface area (Å²) < 4.78 is 4.71. The number of aliphatic carboxylic acids is 1. The Hall–Kier alpha value is -2.50. The number of amides is 1. The first-order chi connectivity index (χ1) is 9.61. The third-order valence-corrected chi connectivity index (χ3v) is 2.96. The highest BCUT2D eigenvalue weighted by atomic mass is 16.5. The number of H-pyrrole nitrogens is 1. The molecule has 0 spiro atoms. The number of benzene rings is 1. The fourth-order valence-electron chi connectivity index (χ4n) is 2.04. The van der Waals surface area contributed by atoms with E-state index in [-0.39, 0.29) is 13.0 Å². The first-order valence-corrected chi connectivity index (χ1v) is 6.33. The zero-order chi connectivity index (χ0) is 14.5. The molecule has 0 saturated heterocycles. The number of carbonyl (C=O) groups excluding carboxylic acids is 1. The van der Waals surface area contributed by atoms with E-state index in [0.29, 0.717) is 0 Å². The lowest BCUT2D eigenvalue weighted by Crippen LogP contribution is -2.42. The van der Waals surface area contributed by atoms with Crippen LogP contribution in [-0.4, -0.2) is 34.8 Å². The summed E-state index contributed by atoms with van der Waals surface area (Å²) in [7, 11) is 0. The van der Waals surface area contributed by atoms with E-state index >= 15 is 0 Å². The highest BCUT2D eigenvalue weighted by Crippen LogP contribution is 2.19. The van der Waals surface area contributed by atoms with Gasteiger partial charge in [-0.2, -0.15) is 0 Å². The molecule has 1 heterocycles. The summed E-state index contributed by atoms with van der Waals surface area (Å²) in [5, 5.41) is 12.5. The maximum absolute atomic E-state index is 11.3. The number of aromatic nitrogens is 1. The number of hydrogen-bond donors (Lipinski definition) is 3. The molecule has 0 bridgehead atoms. The molecule has 0 unspecified atom stereocenters. The number of aromatic amines is 1. The number of para-hydroxylation sites is 1. The lowest BCUT2D eigenvalue weighted by molar-refractivity contribution is -0.139. The number of ether oxygens (including phenoxy) is 1. The van der Waals surface area contributed by atoms with Gasteiger partial charge in [-0.05, 0) is 18.6 Å². The summed E-state index contributed by atoms with van der Waals surface area (Å²) in [5.74, 6) is -1.09. The van der Waals surface area contributed by atoms with Gasteiger partial charge in [0.1, 0.15) is 6.04 Å². The third kappa shape index (κ3) is 3.09. The topological polar surface area (TPSA) is 91.4 Å². The molecule has 1 aromatic heterocycles. The highest BCUT2D eigenvalue weighted by molar-refractivity contribution is 5.85. The van der Waals surface area contributed by atoms with Gasteiger partial charge in [0.25, 0.3) is 0 Å². The number of alkyl carbamates (subject to hydrolysis) is 1. The molecule has 2 aromatic rings. The summed E-state index contributed by atoms with van der Waals surface area (Å²) in [5.41, 5.74) is 1.77. The molecule has 0 aliphatic carbocycles. The van der Waals surface area contributed by atoms with Crippen LogP contribution in [0.5, 0.6) is 0 Å². The standard InChI is InChI=1S/C14H16N2O4/c1-2-20-14(19)16-12(13(17)18)7-9-8-15-11-6-4-3-5-10(9)11/h3-6,8,12,15H,2,7H2,1H3,(H,16,19)(H,17,18)/t12-/m0/s1. The molecule has 6 heteroatoms. The average Bonchev–Trinajstić information content (AvgIpc) is 2.82. The largest absolute Gasteiger partial charge is 0.480 e. The number of hydrogen-bond acceptors (Lipinski definition) is 3. The molecule has 2 rings (SSSR count). The van der Waals surface area contributed by atoms with E-state index in [1.54, 1.807) is 13.1 Å². The van der Waals surface area contributed by atoms with Gasteiger partial charge < -0.3 is 20.1 Å². The van der Waals surface area contributed by atoms with Gasteiger partial charge in [0.05, 0.1) is 6.61 Å². The van der Waals surface area contributed by atoms with E-state index in [4.69, 9.17) is 4.74 Å². The zero-order valence-electron chi connectivity index (χ0n) is 11.1. The Kier molecular flexibility index (Phi) is 4.24. The van der Waals surface area contributed by atoms with Gasteiger partial charge in [-0.1, -0.05) is 18.2 Å². The van der Waals surface area contributed by atoms with Gasteiger partial charge in [-0.25, -0.2) is 9.59 Å². The SMILES string of the molecule is CCOC(=O)N[C@@H](Cc1c[nH]c2ccccc12)C(=O)O. The molecule has 0 saturated carbocycles. The van der Waals surface area contributed by atoms with Gasteiger partial charge in [0.15, 0.2) is 0 Å². The van der Waals surface area contributed by atoms with Crippen LogP contribution >= 0.6 is 0 Å². The van der Waals surface area contributed by atoms with Crippen LogP contribution in [-0.2, 0) is 16.0 Å². The minimum Gasteiger partial charge on any atom is -0.480 e. The molecule has 1 atom stereocenters. The van der Waals surface area contributed by atoms with Crippen LogP contribution in [0.25, 0.3) is 10.9 Å². The van der Waals surface area contributed by atoms with Crippen LogP contribution in [0.15, 0.2) is 30.5 Å². The van der Waals surface area contributed by atoms with Gasteiger partial charge in [0.2, 0.25) is 0 Å². The smallest absolute Gasteiger partial charge is 0.407 e. The van der Waals surface area contributed by atoms with E-state index < -0.39 is 18.1 Å². The second-order valence-corrected chi connectivity index (χ2v) is 4.32. The Bertz CT molecular complexity index is 620. The van der Waals surface area contributed by atoms with Crippen LogP contribution < -0.4 is 5.32 Å². The second kappa shape index (κ2) is 6.10. The van der Waals surface area contributed by atoms with Crippen molar-refractivity contribution in [3.8, 4) is 0 Å². The van der Waals surface area contributed by atoms with E-state index in [1.807, 2.05) is 24.3 Å².